The van der Waals surface area contributed by atoms with Crippen LogP contribution < -0.4 is 0 Å². The fourth-order valence-corrected chi connectivity index (χ4v) is 5.51. The fraction of sp³-hybridized carbons (Fsp3) is 0. The van der Waals surface area contributed by atoms with Crippen LogP contribution in [0.2, 0.25) is 0 Å². The summed E-state index contributed by atoms with van der Waals surface area (Å²) in [6.07, 6.45) is 17.0. The predicted molar refractivity (Wildman–Crippen MR) is 185 cm³/mol. The van der Waals surface area contributed by atoms with Gasteiger partial charge in [-0.1, -0.05) is 146 Å². The van der Waals surface area contributed by atoms with Crippen molar-refractivity contribution >= 4 is 67.4 Å². The molecule has 0 aliphatic heterocycles. The van der Waals surface area contributed by atoms with Crippen molar-refractivity contribution in [2.75, 3.05) is 0 Å². The maximum absolute atomic E-state index is 2.27. The van der Waals surface area contributed by atoms with Crippen LogP contribution in [0.3, 0.4) is 0 Å². The first kappa shape index (κ1) is 25.5. The monoisotopic (exact) mass is 534 g/mol. The molecule has 0 amide bonds. The van der Waals surface area contributed by atoms with E-state index in [0.717, 1.165) is 0 Å². The second-order valence-electron chi connectivity index (χ2n) is 10.7. The highest BCUT2D eigenvalue weighted by atomic mass is 14.0. The Hall–Kier alpha value is -5.46. The van der Waals surface area contributed by atoms with E-state index in [-0.39, 0.29) is 0 Å². The topological polar surface area (TPSA) is 0 Å². The van der Waals surface area contributed by atoms with Crippen LogP contribution >= 0.6 is 0 Å². The van der Waals surface area contributed by atoms with Crippen LogP contribution in [0.1, 0.15) is 22.3 Å². The molecular formula is C42H30. The summed E-state index contributed by atoms with van der Waals surface area (Å²) in [4.78, 5) is 0. The maximum atomic E-state index is 2.27. The van der Waals surface area contributed by atoms with E-state index in [0.29, 0.717) is 0 Å². The first-order chi connectivity index (χ1) is 20.8. The lowest BCUT2D eigenvalue weighted by atomic mass is 10.0. The Balaban J connectivity index is 0.973. The third-order valence-electron chi connectivity index (χ3n) is 7.77. The highest BCUT2D eigenvalue weighted by Crippen LogP contribution is 2.25. The van der Waals surface area contributed by atoms with Crippen LogP contribution in [0.25, 0.3) is 67.4 Å². The Morgan fingerprint density at radius 1 is 0.238 bits per heavy atom. The Bertz CT molecular complexity index is 2010. The summed E-state index contributed by atoms with van der Waals surface area (Å²) in [6.45, 7) is 0. The van der Waals surface area contributed by atoms with Crippen molar-refractivity contribution in [2.24, 2.45) is 0 Å². The fourth-order valence-electron chi connectivity index (χ4n) is 5.51. The summed E-state index contributed by atoms with van der Waals surface area (Å²) >= 11 is 0. The van der Waals surface area contributed by atoms with Gasteiger partial charge < -0.3 is 0 Å². The standard InChI is InChI=1S/C42H30/c1(3-11-33-21-23-39-27-35-13-5-7-15-37(35)29-41(39)25-33)9-31-17-19-32(20-18-31)10-2-4-12-34-22-24-40-28-36-14-6-8-16-38(36)30-42(40)26-34/h1-30H. The largest absolute Gasteiger partial charge is 0.0617 e. The number of fused-ring (bicyclic) bond motifs is 4. The zero-order valence-corrected chi connectivity index (χ0v) is 23.3. The second-order valence-corrected chi connectivity index (χ2v) is 10.7. The van der Waals surface area contributed by atoms with Gasteiger partial charge in [0, 0.05) is 0 Å². The van der Waals surface area contributed by atoms with Crippen LogP contribution in [-0.2, 0) is 0 Å². The van der Waals surface area contributed by atoms with Crippen LogP contribution in [0.4, 0.5) is 0 Å². The molecule has 0 aliphatic carbocycles. The van der Waals surface area contributed by atoms with Crippen molar-refractivity contribution in [1.82, 2.24) is 0 Å². The first-order valence-corrected chi connectivity index (χ1v) is 14.4. The summed E-state index contributed by atoms with van der Waals surface area (Å²) in [5, 5.41) is 10.2. The highest BCUT2D eigenvalue weighted by Gasteiger charge is 2.00. The van der Waals surface area contributed by atoms with Crippen molar-refractivity contribution in [1.29, 1.82) is 0 Å². The van der Waals surface area contributed by atoms with Crippen molar-refractivity contribution in [2.45, 2.75) is 0 Å². The van der Waals surface area contributed by atoms with Gasteiger partial charge in [0.05, 0.1) is 0 Å². The van der Waals surface area contributed by atoms with Crippen molar-refractivity contribution < 1.29 is 0 Å². The average molecular weight is 535 g/mol. The molecule has 0 N–H and O–H groups in total. The number of hydrogen-bond acceptors (Lipinski definition) is 0. The van der Waals surface area contributed by atoms with Crippen molar-refractivity contribution in [3.05, 3.63) is 180 Å². The van der Waals surface area contributed by atoms with E-state index in [2.05, 4.69) is 182 Å². The van der Waals surface area contributed by atoms with E-state index >= 15 is 0 Å². The molecule has 0 heterocycles. The summed E-state index contributed by atoms with van der Waals surface area (Å²) in [5.74, 6) is 0. The van der Waals surface area contributed by atoms with Crippen molar-refractivity contribution in [3.63, 3.8) is 0 Å². The molecule has 0 radical (unpaired) electrons. The van der Waals surface area contributed by atoms with Gasteiger partial charge in [-0.3, -0.25) is 0 Å². The lowest BCUT2D eigenvalue weighted by Gasteiger charge is -2.03. The summed E-state index contributed by atoms with van der Waals surface area (Å²) in [7, 11) is 0. The quantitative estimate of drug-likeness (QED) is 0.147. The molecule has 0 unspecified atom stereocenters. The molecule has 42 heavy (non-hydrogen) atoms. The van der Waals surface area contributed by atoms with Crippen molar-refractivity contribution in [3.8, 4) is 0 Å². The third kappa shape index (κ3) is 5.70. The average Bonchev–Trinajstić information content (AvgIpc) is 3.03. The van der Waals surface area contributed by atoms with E-state index < -0.39 is 0 Å². The Labute approximate surface area is 246 Å². The molecule has 7 aromatic carbocycles. The van der Waals surface area contributed by atoms with Gasteiger partial charge in [-0.2, -0.15) is 0 Å². The zero-order chi connectivity index (χ0) is 28.1. The number of hydrogen-bond donors (Lipinski definition) is 0. The van der Waals surface area contributed by atoms with E-state index in [1.165, 1.54) is 65.3 Å². The Kier molecular flexibility index (Phi) is 7.02. The highest BCUT2D eigenvalue weighted by molar-refractivity contribution is 6.00. The molecule has 198 valence electrons. The molecule has 0 bridgehead atoms. The maximum Gasteiger partial charge on any atom is -0.0172 e. The van der Waals surface area contributed by atoms with E-state index in [1.807, 2.05) is 0 Å². The Morgan fingerprint density at radius 2 is 0.524 bits per heavy atom. The van der Waals surface area contributed by atoms with Crippen LogP contribution in [-0.4, -0.2) is 0 Å². The zero-order valence-electron chi connectivity index (χ0n) is 23.3. The molecule has 0 atom stereocenters. The normalized spacial score (nSPS) is 12.4. The summed E-state index contributed by atoms with van der Waals surface area (Å²) in [6, 6.07) is 48.0. The molecule has 0 aromatic heterocycles. The van der Waals surface area contributed by atoms with Gasteiger partial charge in [-0.05, 0) is 102 Å². The van der Waals surface area contributed by atoms with Gasteiger partial charge in [0.1, 0.15) is 0 Å². The van der Waals surface area contributed by atoms with Gasteiger partial charge in [0.25, 0.3) is 0 Å². The van der Waals surface area contributed by atoms with Gasteiger partial charge in [-0.15, -0.1) is 0 Å². The minimum Gasteiger partial charge on any atom is -0.0617 e. The number of benzene rings is 7. The summed E-state index contributed by atoms with van der Waals surface area (Å²) < 4.78 is 0. The number of allylic oxidation sites excluding steroid dienone is 4. The van der Waals surface area contributed by atoms with Crippen LogP contribution in [0.5, 0.6) is 0 Å². The lowest BCUT2D eigenvalue weighted by molar-refractivity contribution is 1.62. The Morgan fingerprint density at radius 3 is 0.905 bits per heavy atom. The molecule has 0 aliphatic rings. The predicted octanol–water partition coefficient (Wildman–Crippen LogP) is 11.8. The van der Waals surface area contributed by atoms with Crippen LogP contribution in [0.15, 0.2) is 158 Å². The van der Waals surface area contributed by atoms with E-state index in [9.17, 15) is 0 Å². The first-order valence-electron chi connectivity index (χ1n) is 14.4. The molecule has 0 saturated heterocycles. The molecule has 0 fully saturated rings. The van der Waals surface area contributed by atoms with Gasteiger partial charge in [-0.25, -0.2) is 0 Å². The minimum atomic E-state index is 1.18. The van der Waals surface area contributed by atoms with Crippen LogP contribution in [0, 0.1) is 0 Å². The molecule has 7 rings (SSSR count). The second kappa shape index (κ2) is 11.6. The minimum absolute atomic E-state index is 1.18. The molecule has 7 aromatic rings. The molecular weight excluding hydrogens is 504 g/mol. The van der Waals surface area contributed by atoms with Gasteiger partial charge in [0.15, 0.2) is 0 Å². The third-order valence-corrected chi connectivity index (χ3v) is 7.77. The van der Waals surface area contributed by atoms with E-state index in [1.54, 1.807) is 0 Å². The molecule has 0 nitrogen and oxygen atoms in total. The van der Waals surface area contributed by atoms with Gasteiger partial charge in [0.2, 0.25) is 0 Å². The SMILES string of the molecule is C(C=Cc1ccc2cc3ccccc3cc2c1)=Cc1ccc(C=CC=Cc2ccc3cc4ccccc4cc3c2)cc1. The molecule has 0 saturated carbocycles. The molecule has 0 spiro atoms. The van der Waals surface area contributed by atoms with E-state index in [4.69, 9.17) is 0 Å². The smallest absolute Gasteiger partial charge is 0.0172 e. The summed E-state index contributed by atoms with van der Waals surface area (Å²) in [5.41, 5.74) is 4.77. The number of rotatable bonds is 6. The van der Waals surface area contributed by atoms with Gasteiger partial charge >= 0.3 is 0 Å². The lowest BCUT2D eigenvalue weighted by Crippen LogP contribution is -1.78. The molecule has 0 heteroatoms.